The monoisotopic (exact) mass is 197 g/mol. The minimum Gasteiger partial charge on any atom is -0.324 e. The fraction of sp³-hybridized carbons (Fsp3) is 1.00. The van der Waals surface area contributed by atoms with Crippen molar-refractivity contribution in [3.63, 3.8) is 0 Å². The summed E-state index contributed by atoms with van der Waals surface area (Å²) in [6.45, 7) is 10.2. The Morgan fingerprint density at radius 2 is 2.21 bits per heavy atom. The molecular formula is C11H23N3. The summed E-state index contributed by atoms with van der Waals surface area (Å²) in [4.78, 5) is 2.53. The van der Waals surface area contributed by atoms with E-state index < -0.39 is 0 Å². The van der Waals surface area contributed by atoms with E-state index >= 15 is 0 Å². The lowest BCUT2D eigenvalue weighted by molar-refractivity contribution is 0.235. The van der Waals surface area contributed by atoms with Crippen LogP contribution in [0.4, 0.5) is 0 Å². The van der Waals surface area contributed by atoms with Gasteiger partial charge in [-0.1, -0.05) is 0 Å². The van der Waals surface area contributed by atoms with Crippen LogP contribution in [0.15, 0.2) is 0 Å². The van der Waals surface area contributed by atoms with Gasteiger partial charge in [-0.25, -0.2) is 0 Å². The highest BCUT2D eigenvalue weighted by atomic mass is 15.2. The molecule has 0 amide bonds. The smallest absolute Gasteiger partial charge is 0.0226 e. The molecule has 0 radical (unpaired) electrons. The summed E-state index contributed by atoms with van der Waals surface area (Å²) < 4.78 is 0. The van der Waals surface area contributed by atoms with Crippen molar-refractivity contribution in [2.24, 2.45) is 11.1 Å². The molecule has 1 unspecified atom stereocenters. The van der Waals surface area contributed by atoms with E-state index in [0.29, 0.717) is 5.41 Å². The standard InChI is InChI=1S/C11H23N3/c1-10(2,12)8-14-6-4-11(9-14)3-5-13-7-11/h13H,3-9,12H2,1-2H3. The van der Waals surface area contributed by atoms with Gasteiger partial charge >= 0.3 is 0 Å². The zero-order chi connectivity index (χ0) is 10.2. The Kier molecular flexibility index (Phi) is 2.58. The summed E-state index contributed by atoms with van der Waals surface area (Å²) in [5.74, 6) is 0. The summed E-state index contributed by atoms with van der Waals surface area (Å²) >= 11 is 0. The first kappa shape index (κ1) is 10.4. The van der Waals surface area contributed by atoms with Gasteiger partial charge in [0.2, 0.25) is 0 Å². The van der Waals surface area contributed by atoms with Crippen LogP contribution in [0.2, 0.25) is 0 Å². The van der Waals surface area contributed by atoms with Gasteiger partial charge < -0.3 is 16.0 Å². The van der Waals surface area contributed by atoms with Crippen molar-refractivity contribution < 1.29 is 0 Å². The van der Waals surface area contributed by atoms with Gasteiger partial charge in [0.05, 0.1) is 0 Å². The summed E-state index contributed by atoms with van der Waals surface area (Å²) in [5.41, 5.74) is 6.59. The van der Waals surface area contributed by atoms with Gasteiger partial charge in [-0.15, -0.1) is 0 Å². The number of hydrogen-bond acceptors (Lipinski definition) is 3. The van der Waals surface area contributed by atoms with E-state index in [1.807, 2.05) is 0 Å². The predicted octanol–water partition coefficient (Wildman–Crippen LogP) is 0.409. The van der Waals surface area contributed by atoms with E-state index in [1.165, 1.54) is 39.0 Å². The number of hydrogen-bond donors (Lipinski definition) is 2. The number of nitrogens with zero attached hydrogens (tertiary/aromatic N) is 1. The van der Waals surface area contributed by atoms with Crippen molar-refractivity contribution in [3.05, 3.63) is 0 Å². The third-order valence-electron chi connectivity index (χ3n) is 3.48. The highest BCUT2D eigenvalue weighted by Gasteiger charge is 2.40. The largest absolute Gasteiger partial charge is 0.324 e. The molecule has 2 saturated heterocycles. The van der Waals surface area contributed by atoms with E-state index in [1.54, 1.807) is 0 Å². The van der Waals surface area contributed by atoms with Crippen molar-refractivity contribution in [2.75, 3.05) is 32.7 Å². The topological polar surface area (TPSA) is 41.3 Å². The van der Waals surface area contributed by atoms with Gasteiger partial charge in [-0.3, -0.25) is 0 Å². The number of nitrogens with one attached hydrogen (secondary N) is 1. The average Bonchev–Trinajstić information content (AvgIpc) is 2.60. The third-order valence-corrected chi connectivity index (χ3v) is 3.48. The van der Waals surface area contributed by atoms with E-state index in [-0.39, 0.29) is 5.54 Å². The summed E-state index contributed by atoms with van der Waals surface area (Å²) in [7, 11) is 0. The van der Waals surface area contributed by atoms with Crippen molar-refractivity contribution in [1.82, 2.24) is 10.2 Å². The Morgan fingerprint density at radius 3 is 2.79 bits per heavy atom. The van der Waals surface area contributed by atoms with Gasteiger partial charge in [0, 0.05) is 25.2 Å². The second-order valence-electron chi connectivity index (χ2n) is 5.88. The molecule has 2 rings (SSSR count). The number of rotatable bonds is 2. The Morgan fingerprint density at radius 1 is 1.43 bits per heavy atom. The summed E-state index contributed by atoms with van der Waals surface area (Å²) in [6, 6.07) is 0. The molecule has 0 aromatic heterocycles. The molecule has 2 aliphatic rings. The fourth-order valence-corrected chi connectivity index (χ4v) is 2.88. The maximum atomic E-state index is 6.05. The molecule has 0 aliphatic carbocycles. The highest BCUT2D eigenvalue weighted by Crippen LogP contribution is 2.36. The van der Waals surface area contributed by atoms with E-state index in [4.69, 9.17) is 5.73 Å². The summed E-state index contributed by atoms with van der Waals surface area (Å²) in [5, 5.41) is 3.48. The van der Waals surface area contributed by atoms with Crippen LogP contribution in [-0.2, 0) is 0 Å². The Labute approximate surface area is 87.0 Å². The lowest BCUT2D eigenvalue weighted by Crippen LogP contribution is -2.45. The lowest BCUT2D eigenvalue weighted by Gasteiger charge is -2.28. The van der Waals surface area contributed by atoms with Crippen LogP contribution in [0, 0.1) is 5.41 Å². The number of likely N-dealkylation sites (tertiary alicyclic amines) is 1. The molecule has 3 heteroatoms. The first-order valence-corrected chi connectivity index (χ1v) is 5.71. The van der Waals surface area contributed by atoms with Crippen LogP contribution >= 0.6 is 0 Å². The second kappa shape index (κ2) is 3.47. The summed E-state index contributed by atoms with van der Waals surface area (Å²) in [6.07, 6.45) is 2.71. The first-order valence-electron chi connectivity index (χ1n) is 5.71. The van der Waals surface area contributed by atoms with Crippen LogP contribution in [0.1, 0.15) is 26.7 Å². The van der Waals surface area contributed by atoms with Crippen LogP contribution in [0.3, 0.4) is 0 Å². The van der Waals surface area contributed by atoms with Gasteiger partial charge in [0.25, 0.3) is 0 Å². The maximum absolute atomic E-state index is 6.05. The molecule has 0 aromatic rings. The van der Waals surface area contributed by atoms with E-state index in [0.717, 1.165) is 6.54 Å². The molecule has 82 valence electrons. The molecule has 0 bridgehead atoms. The average molecular weight is 197 g/mol. The zero-order valence-electron chi connectivity index (χ0n) is 9.47. The second-order valence-corrected chi connectivity index (χ2v) is 5.88. The SMILES string of the molecule is CC(C)(N)CN1CCC2(CCNC2)C1. The minimum absolute atomic E-state index is 0.0441. The van der Waals surface area contributed by atoms with Crippen LogP contribution < -0.4 is 11.1 Å². The predicted molar refractivity (Wildman–Crippen MR) is 59.2 cm³/mol. The molecule has 0 aromatic carbocycles. The molecular weight excluding hydrogens is 174 g/mol. The molecule has 14 heavy (non-hydrogen) atoms. The normalized spacial score (nSPS) is 34.5. The quantitative estimate of drug-likeness (QED) is 0.674. The molecule has 1 atom stereocenters. The maximum Gasteiger partial charge on any atom is 0.0226 e. The van der Waals surface area contributed by atoms with Gasteiger partial charge in [-0.2, -0.15) is 0 Å². The Balaban J connectivity index is 1.88. The van der Waals surface area contributed by atoms with Gasteiger partial charge in [-0.05, 0) is 45.2 Å². The molecule has 2 fully saturated rings. The van der Waals surface area contributed by atoms with Crippen molar-refractivity contribution >= 4 is 0 Å². The van der Waals surface area contributed by atoms with Crippen LogP contribution in [0.5, 0.6) is 0 Å². The first-order chi connectivity index (χ1) is 6.49. The molecule has 3 N–H and O–H groups in total. The molecule has 2 heterocycles. The fourth-order valence-electron chi connectivity index (χ4n) is 2.88. The lowest BCUT2D eigenvalue weighted by atomic mass is 9.86. The van der Waals surface area contributed by atoms with Gasteiger partial charge in [0.15, 0.2) is 0 Å². The van der Waals surface area contributed by atoms with E-state index in [9.17, 15) is 0 Å². The van der Waals surface area contributed by atoms with Crippen molar-refractivity contribution in [3.8, 4) is 0 Å². The molecule has 2 aliphatic heterocycles. The van der Waals surface area contributed by atoms with Crippen molar-refractivity contribution in [1.29, 1.82) is 0 Å². The molecule has 0 saturated carbocycles. The third kappa shape index (κ3) is 2.27. The van der Waals surface area contributed by atoms with Crippen LogP contribution in [-0.4, -0.2) is 43.2 Å². The Hall–Kier alpha value is -0.120. The Bertz CT molecular complexity index is 201. The van der Waals surface area contributed by atoms with Crippen LogP contribution in [0.25, 0.3) is 0 Å². The minimum atomic E-state index is -0.0441. The molecule has 1 spiro atoms. The zero-order valence-corrected chi connectivity index (χ0v) is 9.47. The van der Waals surface area contributed by atoms with E-state index in [2.05, 4.69) is 24.1 Å². The van der Waals surface area contributed by atoms with Gasteiger partial charge in [0.1, 0.15) is 0 Å². The number of nitrogens with two attached hydrogens (primary N) is 1. The molecule has 3 nitrogen and oxygen atoms in total. The van der Waals surface area contributed by atoms with Crippen molar-refractivity contribution in [2.45, 2.75) is 32.2 Å². The highest BCUT2D eigenvalue weighted by molar-refractivity contribution is 4.97.